The highest BCUT2D eigenvalue weighted by molar-refractivity contribution is 7.91. The van der Waals surface area contributed by atoms with Crippen LogP contribution in [0.1, 0.15) is 10.6 Å². The molecule has 0 unspecified atom stereocenters. The molecule has 2 rings (SSSR count). The van der Waals surface area contributed by atoms with Gasteiger partial charge in [0.05, 0.1) is 6.26 Å². The van der Waals surface area contributed by atoms with Gasteiger partial charge in [0.2, 0.25) is 10.0 Å². The number of hydrogen-bond donors (Lipinski definition) is 1. The van der Waals surface area contributed by atoms with Crippen LogP contribution in [0.2, 0.25) is 0 Å². The standard InChI is InChI=1S/C11H13NO3S2/c1-9-4-5-11(16-9)17(13,14)12-7-6-10-3-2-8-15-10/h2-5,8,12H,6-7H2,1H3. The Balaban J connectivity index is 1.94. The van der Waals surface area contributed by atoms with Crippen molar-refractivity contribution in [2.75, 3.05) is 6.54 Å². The Labute approximate surface area is 104 Å². The summed E-state index contributed by atoms with van der Waals surface area (Å²) in [6.07, 6.45) is 2.13. The Hall–Kier alpha value is -1.11. The zero-order valence-corrected chi connectivity index (χ0v) is 11.0. The average molecular weight is 271 g/mol. The number of hydrogen-bond acceptors (Lipinski definition) is 4. The second-order valence-corrected chi connectivity index (χ2v) is 6.87. The summed E-state index contributed by atoms with van der Waals surface area (Å²) in [5.74, 6) is 0.773. The molecule has 0 saturated carbocycles. The summed E-state index contributed by atoms with van der Waals surface area (Å²) in [4.78, 5) is 0.983. The first-order valence-corrected chi connectivity index (χ1v) is 7.46. The molecule has 0 spiro atoms. The van der Waals surface area contributed by atoms with Crippen molar-refractivity contribution in [3.63, 3.8) is 0 Å². The van der Waals surface area contributed by atoms with Gasteiger partial charge in [-0.2, -0.15) is 0 Å². The molecule has 0 radical (unpaired) electrons. The molecule has 2 aromatic rings. The van der Waals surface area contributed by atoms with E-state index in [0.717, 1.165) is 10.6 Å². The lowest BCUT2D eigenvalue weighted by molar-refractivity contribution is 0.506. The van der Waals surface area contributed by atoms with Gasteiger partial charge in [-0.15, -0.1) is 11.3 Å². The van der Waals surface area contributed by atoms with Crippen LogP contribution in [0.15, 0.2) is 39.2 Å². The fraction of sp³-hybridized carbons (Fsp3) is 0.273. The summed E-state index contributed by atoms with van der Waals surface area (Å²) in [5.41, 5.74) is 0. The van der Waals surface area contributed by atoms with Gasteiger partial charge in [-0.1, -0.05) is 0 Å². The summed E-state index contributed by atoms with van der Waals surface area (Å²) in [7, 11) is -3.37. The molecule has 1 N–H and O–H groups in total. The summed E-state index contributed by atoms with van der Waals surface area (Å²) in [6.45, 7) is 2.22. The molecule has 0 atom stereocenters. The Morgan fingerprint density at radius 2 is 2.18 bits per heavy atom. The maximum absolute atomic E-state index is 11.8. The molecule has 0 aromatic carbocycles. The van der Waals surface area contributed by atoms with E-state index >= 15 is 0 Å². The van der Waals surface area contributed by atoms with E-state index in [1.54, 1.807) is 24.5 Å². The molecule has 0 saturated heterocycles. The van der Waals surface area contributed by atoms with E-state index in [9.17, 15) is 8.42 Å². The van der Waals surface area contributed by atoms with Crippen molar-refractivity contribution in [3.05, 3.63) is 41.2 Å². The topological polar surface area (TPSA) is 59.3 Å². The van der Waals surface area contributed by atoms with Crippen LogP contribution in [-0.4, -0.2) is 15.0 Å². The van der Waals surface area contributed by atoms with E-state index in [1.165, 1.54) is 11.3 Å². The third-order valence-corrected chi connectivity index (χ3v) is 5.18. The van der Waals surface area contributed by atoms with Crippen molar-refractivity contribution in [2.45, 2.75) is 17.6 Å². The highest BCUT2D eigenvalue weighted by Crippen LogP contribution is 2.20. The molecule has 0 bridgehead atoms. The van der Waals surface area contributed by atoms with Gasteiger partial charge in [0, 0.05) is 17.8 Å². The van der Waals surface area contributed by atoms with Gasteiger partial charge < -0.3 is 4.42 Å². The molecule has 2 heterocycles. The van der Waals surface area contributed by atoms with Crippen LogP contribution in [0.4, 0.5) is 0 Å². The van der Waals surface area contributed by atoms with Crippen LogP contribution in [-0.2, 0) is 16.4 Å². The van der Waals surface area contributed by atoms with Gasteiger partial charge in [-0.3, -0.25) is 0 Å². The first-order chi connectivity index (χ1) is 8.08. The number of rotatable bonds is 5. The van der Waals surface area contributed by atoms with Crippen molar-refractivity contribution >= 4 is 21.4 Å². The van der Waals surface area contributed by atoms with Crippen molar-refractivity contribution in [3.8, 4) is 0 Å². The van der Waals surface area contributed by atoms with Gasteiger partial charge >= 0.3 is 0 Å². The molecule has 0 aliphatic heterocycles. The summed E-state index contributed by atoms with van der Waals surface area (Å²) in [6, 6.07) is 7.02. The van der Waals surface area contributed by atoms with E-state index in [2.05, 4.69) is 4.72 Å². The minimum atomic E-state index is -3.37. The first-order valence-electron chi connectivity index (χ1n) is 5.16. The highest BCUT2D eigenvalue weighted by Gasteiger charge is 2.15. The molecule has 0 amide bonds. The van der Waals surface area contributed by atoms with Crippen molar-refractivity contribution in [1.29, 1.82) is 0 Å². The monoisotopic (exact) mass is 271 g/mol. The van der Waals surface area contributed by atoms with Crippen LogP contribution in [0.25, 0.3) is 0 Å². The van der Waals surface area contributed by atoms with Crippen LogP contribution in [0.3, 0.4) is 0 Å². The Morgan fingerprint density at radius 1 is 1.35 bits per heavy atom. The second kappa shape index (κ2) is 5.03. The molecule has 4 nitrogen and oxygen atoms in total. The van der Waals surface area contributed by atoms with Crippen LogP contribution in [0, 0.1) is 6.92 Å². The number of sulfonamides is 1. The minimum Gasteiger partial charge on any atom is -0.469 e. The number of thiophene rings is 1. The number of furan rings is 1. The fourth-order valence-corrected chi connectivity index (χ4v) is 3.75. The van der Waals surface area contributed by atoms with Crippen molar-refractivity contribution in [1.82, 2.24) is 4.72 Å². The molecule has 17 heavy (non-hydrogen) atoms. The molecule has 2 aromatic heterocycles. The zero-order valence-electron chi connectivity index (χ0n) is 9.34. The molecular formula is C11H13NO3S2. The van der Waals surface area contributed by atoms with Gasteiger partial charge in [-0.05, 0) is 31.2 Å². The Bertz CT molecular complexity index is 570. The quantitative estimate of drug-likeness (QED) is 0.906. The van der Waals surface area contributed by atoms with E-state index in [-0.39, 0.29) is 0 Å². The van der Waals surface area contributed by atoms with Gasteiger partial charge in [0.1, 0.15) is 9.97 Å². The summed E-state index contributed by atoms with van der Waals surface area (Å²) in [5, 5.41) is 0. The third-order valence-electron chi connectivity index (χ3n) is 2.22. The van der Waals surface area contributed by atoms with Crippen molar-refractivity contribution in [2.24, 2.45) is 0 Å². The fourth-order valence-electron chi connectivity index (χ4n) is 1.39. The SMILES string of the molecule is Cc1ccc(S(=O)(=O)NCCc2ccco2)s1. The zero-order chi connectivity index (χ0) is 12.3. The summed E-state index contributed by atoms with van der Waals surface area (Å²) >= 11 is 1.27. The van der Waals surface area contributed by atoms with Gasteiger partial charge in [-0.25, -0.2) is 13.1 Å². The Kier molecular flexibility index (Phi) is 3.66. The number of aryl methyl sites for hydroxylation is 1. The normalized spacial score (nSPS) is 11.8. The van der Waals surface area contributed by atoms with Gasteiger partial charge in [0.15, 0.2) is 0 Å². The van der Waals surface area contributed by atoms with Crippen LogP contribution in [0.5, 0.6) is 0 Å². The summed E-state index contributed by atoms with van der Waals surface area (Å²) < 4.78 is 31.7. The van der Waals surface area contributed by atoms with Crippen molar-refractivity contribution < 1.29 is 12.8 Å². The van der Waals surface area contributed by atoms with E-state index < -0.39 is 10.0 Å². The maximum Gasteiger partial charge on any atom is 0.250 e. The highest BCUT2D eigenvalue weighted by atomic mass is 32.2. The molecule has 6 heteroatoms. The number of nitrogens with one attached hydrogen (secondary N) is 1. The molecular weight excluding hydrogens is 258 g/mol. The van der Waals surface area contributed by atoms with E-state index in [1.807, 2.05) is 13.0 Å². The lowest BCUT2D eigenvalue weighted by Crippen LogP contribution is -2.25. The Morgan fingerprint density at radius 3 is 2.76 bits per heavy atom. The molecule has 92 valence electrons. The second-order valence-electron chi connectivity index (χ2n) is 3.59. The molecule has 0 fully saturated rings. The lowest BCUT2D eigenvalue weighted by Gasteiger charge is -2.02. The maximum atomic E-state index is 11.8. The predicted octanol–water partition coefficient (Wildman–Crippen LogP) is 2.17. The molecule has 0 aliphatic carbocycles. The predicted molar refractivity (Wildman–Crippen MR) is 66.7 cm³/mol. The van der Waals surface area contributed by atoms with E-state index in [0.29, 0.717) is 17.2 Å². The smallest absolute Gasteiger partial charge is 0.250 e. The average Bonchev–Trinajstić information content (AvgIpc) is 2.89. The third kappa shape index (κ3) is 3.18. The van der Waals surface area contributed by atoms with Crippen LogP contribution < -0.4 is 4.72 Å². The molecule has 0 aliphatic rings. The van der Waals surface area contributed by atoms with Gasteiger partial charge in [0.25, 0.3) is 0 Å². The lowest BCUT2D eigenvalue weighted by atomic mass is 10.3. The first kappa shape index (κ1) is 12.3. The largest absolute Gasteiger partial charge is 0.469 e. The minimum absolute atomic E-state index is 0.340. The van der Waals surface area contributed by atoms with E-state index in [4.69, 9.17) is 4.42 Å². The van der Waals surface area contributed by atoms with Crippen LogP contribution >= 0.6 is 11.3 Å².